The maximum atomic E-state index is 12.5. The first-order valence-corrected chi connectivity index (χ1v) is 9.43. The number of methoxy groups -OCH3 is 1. The van der Waals surface area contributed by atoms with E-state index in [0.717, 1.165) is 0 Å². The summed E-state index contributed by atoms with van der Waals surface area (Å²) in [6.45, 7) is 1.62. The number of esters is 1. The fourth-order valence-electron chi connectivity index (χ4n) is 3.11. The fourth-order valence-corrected chi connectivity index (χ4v) is 5.06. The number of nitrogens with one attached hydrogen (secondary N) is 1. The number of hydrogen-bond acceptors (Lipinski definition) is 6. The average molecular weight is 399 g/mol. The molecule has 2 fully saturated rings. The molecular formula is C17H19ClN2O5S. The van der Waals surface area contributed by atoms with E-state index in [1.165, 1.54) is 23.8 Å². The highest BCUT2D eigenvalue weighted by Gasteiger charge is 2.65. The van der Waals surface area contributed by atoms with Gasteiger partial charge in [0.2, 0.25) is 5.91 Å². The van der Waals surface area contributed by atoms with Crippen molar-refractivity contribution in [3.05, 3.63) is 30.3 Å². The van der Waals surface area contributed by atoms with Crippen molar-refractivity contribution in [1.29, 1.82) is 0 Å². The summed E-state index contributed by atoms with van der Waals surface area (Å²) in [5.74, 6) is -0.481. The van der Waals surface area contributed by atoms with Crippen LogP contribution < -0.4 is 10.1 Å². The predicted molar refractivity (Wildman–Crippen MR) is 97.0 cm³/mol. The van der Waals surface area contributed by atoms with E-state index in [0.29, 0.717) is 5.75 Å². The van der Waals surface area contributed by atoms with Gasteiger partial charge < -0.3 is 19.7 Å². The average Bonchev–Trinajstić information content (AvgIpc) is 2.95. The molecule has 2 saturated heterocycles. The number of rotatable bonds is 6. The van der Waals surface area contributed by atoms with E-state index >= 15 is 0 Å². The minimum atomic E-state index is -0.763. The number of alkyl halides is 1. The number of fused-ring (bicyclic) bond motifs is 1. The van der Waals surface area contributed by atoms with Crippen LogP contribution in [-0.2, 0) is 19.1 Å². The van der Waals surface area contributed by atoms with Crippen LogP contribution in [0.1, 0.15) is 6.92 Å². The molecule has 1 aromatic rings. The number of β-lactam (4-membered cyclic amide) rings is 1. The Bertz CT molecular complexity index is 718. The second-order valence-corrected chi connectivity index (χ2v) is 8.19. The first-order chi connectivity index (χ1) is 12.4. The molecule has 7 nitrogen and oxygen atoms in total. The topological polar surface area (TPSA) is 84.9 Å². The lowest BCUT2D eigenvalue weighted by Crippen LogP contribution is -2.71. The Morgan fingerprint density at radius 3 is 2.65 bits per heavy atom. The molecule has 0 unspecified atom stereocenters. The summed E-state index contributed by atoms with van der Waals surface area (Å²) in [5, 5.41) is 2.33. The molecule has 3 rings (SSSR count). The van der Waals surface area contributed by atoms with Crippen molar-refractivity contribution in [2.75, 3.05) is 19.6 Å². The van der Waals surface area contributed by atoms with Crippen LogP contribution in [0.5, 0.6) is 5.75 Å². The lowest BCUT2D eigenvalue weighted by Gasteiger charge is -2.43. The largest absolute Gasteiger partial charge is 0.484 e. The second kappa shape index (κ2) is 7.36. The van der Waals surface area contributed by atoms with Crippen molar-refractivity contribution in [1.82, 2.24) is 10.2 Å². The van der Waals surface area contributed by atoms with E-state index in [-0.39, 0.29) is 23.8 Å². The molecular weight excluding hydrogens is 380 g/mol. The molecule has 26 heavy (non-hydrogen) atoms. The summed E-state index contributed by atoms with van der Waals surface area (Å²) < 4.78 is 9.54. The maximum Gasteiger partial charge on any atom is 0.330 e. The lowest BCUT2D eigenvalue weighted by molar-refractivity contribution is -0.162. The summed E-state index contributed by atoms with van der Waals surface area (Å²) >= 11 is 7.45. The quantitative estimate of drug-likeness (QED) is 0.437. The van der Waals surface area contributed by atoms with Crippen molar-refractivity contribution in [3.63, 3.8) is 0 Å². The van der Waals surface area contributed by atoms with Gasteiger partial charge >= 0.3 is 5.97 Å². The Kier molecular flexibility index (Phi) is 5.34. The van der Waals surface area contributed by atoms with Crippen molar-refractivity contribution in [2.45, 2.75) is 29.1 Å². The van der Waals surface area contributed by atoms with Gasteiger partial charge in [-0.1, -0.05) is 18.2 Å². The van der Waals surface area contributed by atoms with Gasteiger partial charge in [0.1, 0.15) is 23.2 Å². The van der Waals surface area contributed by atoms with Crippen molar-refractivity contribution >= 4 is 41.1 Å². The van der Waals surface area contributed by atoms with Crippen molar-refractivity contribution in [3.8, 4) is 5.75 Å². The summed E-state index contributed by atoms with van der Waals surface area (Å²) in [6.07, 6.45) is 0. The van der Waals surface area contributed by atoms with Gasteiger partial charge in [-0.3, -0.25) is 9.59 Å². The molecule has 0 aliphatic carbocycles. The number of hydrogen-bond donors (Lipinski definition) is 1. The van der Waals surface area contributed by atoms with Gasteiger partial charge in [-0.05, 0) is 19.1 Å². The van der Waals surface area contributed by atoms with E-state index in [2.05, 4.69) is 5.32 Å². The van der Waals surface area contributed by atoms with Crippen LogP contribution in [0.2, 0.25) is 0 Å². The van der Waals surface area contributed by atoms with E-state index in [1.807, 2.05) is 13.0 Å². The zero-order valence-corrected chi connectivity index (χ0v) is 15.9. The Hall–Kier alpha value is -1.93. The highest BCUT2D eigenvalue weighted by atomic mass is 35.5. The predicted octanol–water partition coefficient (Wildman–Crippen LogP) is 1.00. The molecule has 4 atom stereocenters. The molecule has 0 bridgehead atoms. The first kappa shape index (κ1) is 18.8. The zero-order chi connectivity index (χ0) is 18.9. The van der Waals surface area contributed by atoms with Crippen LogP contribution in [0.15, 0.2) is 30.3 Å². The first-order valence-electron chi connectivity index (χ1n) is 8.02. The van der Waals surface area contributed by atoms with Gasteiger partial charge in [0.25, 0.3) is 5.91 Å². The monoisotopic (exact) mass is 398 g/mol. The van der Waals surface area contributed by atoms with E-state index < -0.39 is 28.7 Å². The molecule has 0 spiro atoms. The molecule has 0 radical (unpaired) electrons. The smallest absolute Gasteiger partial charge is 0.330 e. The second-order valence-electron chi connectivity index (χ2n) is 6.27. The van der Waals surface area contributed by atoms with Crippen LogP contribution in [-0.4, -0.2) is 64.5 Å². The van der Waals surface area contributed by atoms with E-state index in [9.17, 15) is 14.4 Å². The van der Waals surface area contributed by atoms with Crippen molar-refractivity contribution in [2.24, 2.45) is 0 Å². The number of halogens is 1. The lowest BCUT2D eigenvalue weighted by atomic mass is 9.96. The standard InChI is InChI=1S/C17H19ClN2O5S/c1-17(9-18)13(16(23)24-2)20-14(22)12(15(20)26-17)19-11(21)8-25-10-6-4-3-5-7-10/h3-7,12-13,15H,8-9H2,1-2H3,(H,19,21)/t12-,13+,15+,17+/m1/s1. The summed E-state index contributed by atoms with van der Waals surface area (Å²) in [5.41, 5.74) is 0. The zero-order valence-electron chi connectivity index (χ0n) is 14.3. The van der Waals surface area contributed by atoms with Gasteiger partial charge in [0.15, 0.2) is 6.61 Å². The number of carbonyl (C=O) groups is 3. The third-order valence-electron chi connectivity index (χ3n) is 4.45. The van der Waals surface area contributed by atoms with Crippen LogP contribution in [0.4, 0.5) is 0 Å². The van der Waals surface area contributed by atoms with Crippen LogP contribution in [0.3, 0.4) is 0 Å². The molecule has 0 aromatic heterocycles. The third kappa shape index (κ3) is 3.23. The number of nitrogens with zero attached hydrogens (tertiary/aromatic N) is 1. The van der Waals surface area contributed by atoms with Crippen LogP contribution in [0, 0.1) is 0 Å². The molecule has 2 aliphatic heterocycles. The number of para-hydroxylation sites is 1. The fraction of sp³-hybridized carbons (Fsp3) is 0.471. The highest BCUT2D eigenvalue weighted by molar-refractivity contribution is 8.01. The number of benzene rings is 1. The van der Waals surface area contributed by atoms with E-state index in [1.54, 1.807) is 24.3 Å². The van der Waals surface area contributed by atoms with Crippen LogP contribution >= 0.6 is 23.4 Å². The minimum Gasteiger partial charge on any atom is -0.484 e. The maximum absolute atomic E-state index is 12.5. The van der Waals surface area contributed by atoms with Crippen molar-refractivity contribution < 1.29 is 23.9 Å². The SMILES string of the molecule is COC(=O)[C@@H]1N2C(=O)[C@@H](NC(=O)COc3ccccc3)[C@@H]2S[C@@]1(C)CCl. The van der Waals surface area contributed by atoms with Gasteiger partial charge in [0, 0.05) is 5.88 Å². The minimum absolute atomic E-state index is 0.176. The Labute approximate surface area is 160 Å². The van der Waals surface area contributed by atoms with Gasteiger partial charge in [-0.2, -0.15) is 0 Å². The molecule has 2 aliphatic rings. The van der Waals surface area contributed by atoms with Gasteiger partial charge in [-0.15, -0.1) is 23.4 Å². The number of thioether (sulfide) groups is 1. The number of amides is 2. The Morgan fingerprint density at radius 1 is 1.35 bits per heavy atom. The normalized spacial score (nSPS) is 29.6. The molecule has 0 saturated carbocycles. The van der Waals surface area contributed by atoms with Gasteiger partial charge in [-0.25, -0.2) is 4.79 Å². The molecule has 1 aromatic carbocycles. The molecule has 9 heteroatoms. The highest BCUT2D eigenvalue weighted by Crippen LogP contribution is 2.51. The summed E-state index contributed by atoms with van der Waals surface area (Å²) in [4.78, 5) is 38.2. The van der Waals surface area contributed by atoms with Crippen LogP contribution in [0.25, 0.3) is 0 Å². The molecule has 1 N–H and O–H groups in total. The Balaban J connectivity index is 1.62. The number of carbonyl (C=O) groups excluding carboxylic acids is 3. The molecule has 2 amide bonds. The Morgan fingerprint density at radius 2 is 2.04 bits per heavy atom. The molecule has 2 heterocycles. The molecule has 140 valence electrons. The summed E-state index contributed by atoms with van der Waals surface area (Å²) in [6, 6.07) is 7.46. The van der Waals surface area contributed by atoms with Gasteiger partial charge in [0.05, 0.1) is 11.9 Å². The summed E-state index contributed by atoms with van der Waals surface area (Å²) in [7, 11) is 1.28. The third-order valence-corrected chi connectivity index (χ3v) is 6.81. The van der Waals surface area contributed by atoms with E-state index in [4.69, 9.17) is 21.1 Å². The number of ether oxygens (including phenoxy) is 2.